The fourth-order valence-corrected chi connectivity index (χ4v) is 2.48. The van der Waals surface area contributed by atoms with Crippen molar-refractivity contribution in [2.75, 3.05) is 12.4 Å². The van der Waals surface area contributed by atoms with Crippen molar-refractivity contribution in [3.63, 3.8) is 0 Å². The first kappa shape index (κ1) is 13.6. The molecule has 1 aliphatic carbocycles. The molecule has 5 nitrogen and oxygen atoms in total. The minimum atomic E-state index is 0.716. The highest BCUT2D eigenvalue weighted by Gasteiger charge is 2.12. The van der Waals surface area contributed by atoms with Gasteiger partial charge in [-0.1, -0.05) is 30.4 Å². The summed E-state index contributed by atoms with van der Waals surface area (Å²) in [6, 6.07) is 9.96. The number of benzene rings is 1. The quantitative estimate of drug-likeness (QED) is 0.757. The van der Waals surface area contributed by atoms with E-state index >= 15 is 0 Å². The van der Waals surface area contributed by atoms with Crippen molar-refractivity contribution in [3.8, 4) is 5.75 Å². The number of methoxy groups -OCH3 is 1. The molecular formula is C18H16N4O. The fraction of sp³-hybridized carbons (Fsp3) is 0.111. The maximum atomic E-state index is 5.18. The molecule has 0 radical (unpaired) electrons. The van der Waals surface area contributed by atoms with Gasteiger partial charge in [0.05, 0.1) is 12.8 Å². The van der Waals surface area contributed by atoms with Crippen LogP contribution < -0.4 is 10.1 Å². The molecule has 0 bridgehead atoms. The molecule has 0 fully saturated rings. The van der Waals surface area contributed by atoms with Crippen molar-refractivity contribution in [1.82, 2.24) is 15.0 Å². The van der Waals surface area contributed by atoms with E-state index in [4.69, 9.17) is 4.74 Å². The van der Waals surface area contributed by atoms with Crippen LogP contribution in [0.25, 0.3) is 16.7 Å². The number of hydrogen-bond donors (Lipinski definition) is 2. The van der Waals surface area contributed by atoms with Gasteiger partial charge in [-0.25, -0.2) is 9.97 Å². The van der Waals surface area contributed by atoms with Gasteiger partial charge in [0.1, 0.15) is 17.1 Å². The van der Waals surface area contributed by atoms with Crippen LogP contribution in [-0.4, -0.2) is 22.1 Å². The topological polar surface area (TPSA) is 62.8 Å². The number of ether oxygens (including phenoxy) is 1. The SMILES string of the molecule is COc1ccc(CNc2ccnc3[nH]c(C4=CC=C4)nc23)cc1. The zero-order valence-corrected chi connectivity index (χ0v) is 12.7. The molecule has 0 saturated heterocycles. The number of rotatable bonds is 5. The highest BCUT2D eigenvalue weighted by atomic mass is 16.5. The van der Waals surface area contributed by atoms with Crippen LogP contribution in [0.5, 0.6) is 5.75 Å². The third-order valence-electron chi connectivity index (χ3n) is 3.85. The molecule has 0 amide bonds. The van der Waals surface area contributed by atoms with Gasteiger partial charge in [-0.15, -0.1) is 0 Å². The fourth-order valence-electron chi connectivity index (χ4n) is 2.48. The van der Waals surface area contributed by atoms with Crippen LogP contribution in [0.1, 0.15) is 11.4 Å². The molecule has 5 heteroatoms. The molecule has 23 heavy (non-hydrogen) atoms. The van der Waals surface area contributed by atoms with Crippen molar-refractivity contribution >= 4 is 22.4 Å². The van der Waals surface area contributed by atoms with Crippen LogP contribution >= 0.6 is 0 Å². The lowest BCUT2D eigenvalue weighted by Crippen LogP contribution is -2.00. The molecule has 0 unspecified atom stereocenters. The Morgan fingerprint density at radius 3 is 2.70 bits per heavy atom. The molecule has 2 heterocycles. The largest absolute Gasteiger partial charge is 0.497 e. The Hall–Kier alpha value is -3.08. The second-order valence-electron chi connectivity index (χ2n) is 5.32. The second kappa shape index (κ2) is 5.61. The predicted octanol–water partition coefficient (Wildman–Crippen LogP) is 3.53. The van der Waals surface area contributed by atoms with E-state index in [-0.39, 0.29) is 0 Å². The molecule has 3 aromatic rings. The molecule has 114 valence electrons. The van der Waals surface area contributed by atoms with Crippen molar-refractivity contribution in [1.29, 1.82) is 0 Å². The summed E-state index contributed by atoms with van der Waals surface area (Å²) in [5.74, 6) is 1.72. The zero-order chi connectivity index (χ0) is 15.6. The molecule has 2 N–H and O–H groups in total. The summed E-state index contributed by atoms with van der Waals surface area (Å²) >= 11 is 0. The van der Waals surface area contributed by atoms with E-state index in [1.54, 1.807) is 13.3 Å². The molecule has 2 aromatic heterocycles. The molecule has 0 spiro atoms. The summed E-state index contributed by atoms with van der Waals surface area (Å²) in [7, 11) is 1.67. The number of anilines is 1. The monoisotopic (exact) mass is 304 g/mol. The van der Waals surface area contributed by atoms with E-state index in [0.717, 1.165) is 34.0 Å². The summed E-state index contributed by atoms with van der Waals surface area (Å²) in [5.41, 5.74) is 4.90. The Morgan fingerprint density at radius 1 is 1.17 bits per heavy atom. The summed E-state index contributed by atoms with van der Waals surface area (Å²) in [4.78, 5) is 12.3. The third-order valence-corrected chi connectivity index (χ3v) is 3.85. The number of aromatic nitrogens is 3. The second-order valence-corrected chi connectivity index (χ2v) is 5.32. The Labute approximate surface area is 133 Å². The highest BCUT2D eigenvalue weighted by Crippen LogP contribution is 2.25. The Balaban J connectivity index is 1.56. The smallest absolute Gasteiger partial charge is 0.159 e. The molecule has 0 aliphatic heterocycles. The van der Waals surface area contributed by atoms with Gasteiger partial charge in [-0.05, 0) is 23.8 Å². The minimum absolute atomic E-state index is 0.716. The number of imidazole rings is 1. The molecule has 0 atom stereocenters. The van der Waals surface area contributed by atoms with Crippen LogP contribution in [-0.2, 0) is 6.54 Å². The first-order valence-electron chi connectivity index (χ1n) is 7.44. The Kier molecular flexibility index (Phi) is 3.31. The molecular weight excluding hydrogens is 288 g/mol. The van der Waals surface area contributed by atoms with E-state index < -0.39 is 0 Å². The Morgan fingerprint density at radius 2 is 2.00 bits per heavy atom. The normalized spacial score (nSPS) is 12.8. The lowest BCUT2D eigenvalue weighted by atomic mass is 10.1. The number of pyridine rings is 1. The maximum Gasteiger partial charge on any atom is 0.159 e. The lowest BCUT2D eigenvalue weighted by Gasteiger charge is -2.07. The zero-order valence-electron chi connectivity index (χ0n) is 12.7. The summed E-state index contributed by atoms with van der Waals surface area (Å²) in [5, 5.41) is 3.43. The summed E-state index contributed by atoms with van der Waals surface area (Å²) in [6.07, 6.45) is 7.84. The third kappa shape index (κ3) is 2.57. The van der Waals surface area contributed by atoms with Crippen molar-refractivity contribution in [2.24, 2.45) is 0 Å². The van der Waals surface area contributed by atoms with Gasteiger partial charge in [-0.3, -0.25) is 0 Å². The lowest BCUT2D eigenvalue weighted by molar-refractivity contribution is 0.414. The minimum Gasteiger partial charge on any atom is -0.497 e. The van der Waals surface area contributed by atoms with Crippen molar-refractivity contribution < 1.29 is 4.74 Å². The van der Waals surface area contributed by atoms with Gasteiger partial charge in [0.2, 0.25) is 0 Å². The van der Waals surface area contributed by atoms with Crippen LogP contribution in [0.4, 0.5) is 5.69 Å². The van der Waals surface area contributed by atoms with Crippen LogP contribution in [0.15, 0.2) is 54.8 Å². The molecule has 1 aromatic carbocycles. The van der Waals surface area contributed by atoms with Crippen LogP contribution in [0.2, 0.25) is 0 Å². The molecule has 4 rings (SSSR count). The average Bonchev–Trinajstić information content (AvgIpc) is 2.95. The highest BCUT2D eigenvalue weighted by molar-refractivity contribution is 5.89. The van der Waals surface area contributed by atoms with Crippen LogP contribution in [0.3, 0.4) is 0 Å². The number of nitrogens with one attached hydrogen (secondary N) is 2. The maximum absolute atomic E-state index is 5.18. The number of nitrogens with zero attached hydrogens (tertiary/aromatic N) is 2. The van der Waals surface area contributed by atoms with E-state index in [9.17, 15) is 0 Å². The van der Waals surface area contributed by atoms with Gasteiger partial charge in [0.15, 0.2) is 5.65 Å². The number of fused-ring (bicyclic) bond motifs is 1. The van der Waals surface area contributed by atoms with E-state index in [2.05, 4.69) is 20.3 Å². The van der Waals surface area contributed by atoms with E-state index in [1.165, 1.54) is 5.56 Å². The summed E-state index contributed by atoms with van der Waals surface area (Å²) in [6.45, 7) is 0.716. The number of allylic oxidation sites excluding steroid dienone is 4. The van der Waals surface area contributed by atoms with Crippen LogP contribution in [0, 0.1) is 0 Å². The van der Waals surface area contributed by atoms with Gasteiger partial charge in [-0.2, -0.15) is 0 Å². The summed E-state index contributed by atoms with van der Waals surface area (Å²) < 4.78 is 5.18. The number of aromatic amines is 1. The number of hydrogen-bond acceptors (Lipinski definition) is 4. The van der Waals surface area contributed by atoms with Crippen molar-refractivity contribution in [3.05, 3.63) is 66.1 Å². The van der Waals surface area contributed by atoms with Gasteiger partial charge >= 0.3 is 0 Å². The van der Waals surface area contributed by atoms with Gasteiger partial charge in [0.25, 0.3) is 0 Å². The number of H-pyrrole nitrogens is 1. The van der Waals surface area contributed by atoms with E-state index in [0.29, 0.717) is 6.54 Å². The standard InChI is InChI=1S/C18H16N4O/c1-23-14-7-5-12(6-8-14)11-20-15-9-10-19-18-16(15)21-17(22-18)13-3-2-4-13/h2-10H,11H2,1H3,(H2,19,20,21,22). The predicted molar refractivity (Wildman–Crippen MR) is 91.3 cm³/mol. The van der Waals surface area contributed by atoms with E-state index in [1.807, 2.05) is 48.6 Å². The molecule has 1 aliphatic rings. The first-order valence-corrected chi connectivity index (χ1v) is 7.44. The Bertz CT molecular complexity index is 906. The first-order chi connectivity index (χ1) is 11.3. The van der Waals surface area contributed by atoms with Gasteiger partial charge < -0.3 is 15.0 Å². The van der Waals surface area contributed by atoms with Gasteiger partial charge in [0, 0.05) is 18.3 Å². The average molecular weight is 304 g/mol. The van der Waals surface area contributed by atoms with Crippen molar-refractivity contribution in [2.45, 2.75) is 6.54 Å². The molecule has 0 saturated carbocycles.